The van der Waals surface area contributed by atoms with E-state index in [1.807, 2.05) is 0 Å². The number of anilines is 2. The van der Waals surface area contributed by atoms with Crippen molar-refractivity contribution in [2.75, 3.05) is 17.7 Å². The van der Waals surface area contributed by atoms with Crippen molar-refractivity contribution in [3.05, 3.63) is 21.4 Å². The number of ether oxygens (including phenoxy) is 1. The molecule has 0 radical (unpaired) electrons. The molecular weight excluding hydrogens is 406 g/mol. The first-order chi connectivity index (χ1) is 11.6. The normalized spacial score (nSPS) is 19.0. The second-order valence-electron chi connectivity index (χ2n) is 6.10. The zero-order valence-corrected chi connectivity index (χ0v) is 15.5. The molecule has 1 aliphatic rings. The molecule has 0 aromatic heterocycles. The van der Waals surface area contributed by atoms with Gasteiger partial charge in [0, 0.05) is 28.9 Å². The molecule has 3 N–H and O–H groups in total. The van der Waals surface area contributed by atoms with Crippen molar-refractivity contribution in [1.29, 1.82) is 0 Å². The smallest absolute Gasteiger partial charge is 0.396 e. The number of hydrogen-bond donors (Lipinski definition) is 2. The average Bonchev–Trinajstić information content (AvgIpc) is 2.51. The molecule has 0 bridgehead atoms. The number of nitrogens with zero attached hydrogens (tertiary/aromatic N) is 1. The number of aliphatic imine (C=N–C) groups is 1. The molecule has 1 saturated heterocycles. The largest absolute Gasteiger partial charge is 0.420 e. The van der Waals surface area contributed by atoms with E-state index in [0.717, 1.165) is 12.8 Å². The number of rotatable bonds is 4. The van der Waals surface area contributed by atoms with E-state index in [1.165, 1.54) is 6.21 Å². The van der Waals surface area contributed by atoms with Gasteiger partial charge in [-0.1, -0.05) is 0 Å². The molecule has 140 valence electrons. The molecule has 9 heteroatoms. The molecule has 1 unspecified atom stereocenters. The number of nitrogens with two attached hydrogens (primary N) is 1. The maximum Gasteiger partial charge on any atom is 0.420 e. The molecule has 1 atom stereocenters. The van der Waals surface area contributed by atoms with E-state index in [2.05, 4.69) is 26.2 Å². The summed E-state index contributed by atoms with van der Waals surface area (Å²) in [7, 11) is 0. The summed E-state index contributed by atoms with van der Waals surface area (Å²) in [6.45, 7) is 3.91. The van der Waals surface area contributed by atoms with Crippen LogP contribution in [0.4, 0.5) is 28.9 Å². The van der Waals surface area contributed by atoms with Crippen molar-refractivity contribution in [2.45, 2.75) is 51.6 Å². The van der Waals surface area contributed by atoms with Crippen LogP contribution in [0.1, 0.15) is 44.2 Å². The van der Waals surface area contributed by atoms with E-state index in [1.54, 1.807) is 13.8 Å². The molecule has 1 heterocycles. The molecule has 0 saturated carbocycles. The molecule has 1 aliphatic heterocycles. The van der Waals surface area contributed by atoms with Crippen LogP contribution in [-0.4, -0.2) is 25.1 Å². The number of halogens is 5. The zero-order valence-electron chi connectivity index (χ0n) is 13.9. The highest BCUT2D eigenvalue weighted by atomic mass is 79.9. The van der Waals surface area contributed by atoms with Gasteiger partial charge in [-0.25, -0.2) is 4.39 Å². The Balaban J connectivity index is 2.55. The second-order valence-corrected chi connectivity index (χ2v) is 6.89. The van der Waals surface area contributed by atoms with Crippen molar-refractivity contribution in [1.82, 2.24) is 0 Å². The Morgan fingerprint density at radius 2 is 2.04 bits per heavy atom. The topological polar surface area (TPSA) is 59.6 Å². The standard InChI is InChI=1S/C16H20BrF4N3O/c1-8(2)24-15-13(18)11(16(19,20)21)12(17)9(14(15)22)7-23-10-5-3-4-6-25-10/h7-8,10,24H,3-6,22H2,1-2H3. The minimum absolute atomic E-state index is 0.0222. The maximum atomic E-state index is 14.5. The molecule has 2 rings (SSSR count). The van der Waals surface area contributed by atoms with Gasteiger partial charge in [-0.2, -0.15) is 13.2 Å². The van der Waals surface area contributed by atoms with Gasteiger partial charge in [0.2, 0.25) is 0 Å². The molecule has 1 fully saturated rings. The summed E-state index contributed by atoms with van der Waals surface area (Å²) in [4.78, 5) is 4.17. The summed E-state index contributed by atoms with van der Waals surface area (Å²) in [6.07, 6.45) is -1.56. The Bertz CT molecular complexity index is 656. The predicted molar refractivity (Wildman–Crippen MR) is 93.5 cm³/mol. The van der Waals surface area contributed by atoms with Gasteiger partial charge in [0.15, 0.2) is 5.82 Å². The fourth-order valence-corrected chi connectivity index (χ4v) is 3.25. The summed E-state index contributed by atoms with van der Waals surface area (Å²) in [6, 6.07) is -0.300. The number of hydrogen-bond acceptors (Lipinski definition) is 4. The summed E-state index contributed by atoms with van der Waals surface area (Å²) in [5.41, 5.74) is 3.99. The number of benzene rings is 1. The van der Waals surface area contributed by atoms with Gasteiger partial charge in [0.05, 0.1) is 11.4 Å². The van der Waals surface area contributed by atoms with Gasteiger partial charge in [-0.05, 0) is 49.0 Å². The molecule has 0 spiro atoms. The van der Waals surface area contributed by atoms with Gasteiger partial charge in [-0.3, -0.25) is 4.99 Å². The summed E-state index contributed by atoms with van der Waals surface area (Å²) in [5.74, 6) is -1.43. The van der Waals surface area contributed by atoms with Crippen molar-refractivity contribution >= 4 is 33.5 Å². The van der Waals surface area contributed by atoms with Crippen LogP contribution in [0, 0.1) is 5.82 Å². The van der Waals surface area contributed by atoms with Crippen LogP contribution in [0.3, 0.4) is 0 Å². The Hall–Kier alpha value is -1.35. The van der Waals surface area contributed by atoms with Crippen LogP contribution in [0.15, 0.2) is 9.47 Å². The van der Waals surface area contributed by atoms with E-state index < -0.39 is 28.3 Å². The van der Waals surface area contributed by atoms with Gasteiger partial charge < -0.3 is 15.8 Å². The summed E-state index contributed by atoms with van der Waals surface area (Å²) < 4.78 is 59.4. The number of nitrogens with one attached hydrogen (secondary N) is 1. The molecule has 0 aliphatic carbocycles. The summed E-state index contributed by atoms with van der Waals surface area (Å²) in [5, 5.41) is 2.65. The van der Waals surface area contributed by atoms with Crippen LogP contribution in [0.2, 0.25) is 0 Å². The average molecular weight is 426 g/mol. The lowest BCUT2D eigenvalue weighted by molar-refractivity contribution is -0.140. The first-order valence-electron chi connectivity index (χ1n) is 7.91. The Morgan fingerprint density at radius 3 is 2.56 bits per heavy atom. The van der Waals surface area contributed by atoms with Gasteiger partial charge in [0.25, 0.3) is 0 Å². The van der Waals surface area contributed by atoms with Crippen molar-refractivity contribution in [2.24, 2.45) is 4.99 Å². The Kier molecular flexibility index (Phi) is 6.31. The van der Waals surface area contributed by atoms with E-state index in [-0.39, 0.29) is 23.0 Å². The fraction of sp³-hybridized carbons (Fsp3) is 0.562. The van der Waals surface area contributed by atoms with E-state index in [9.17, 15) is 17.6 Å². The first kappa shape index (κ1) is 20.0. The lowest BCUT2D eigenvalue weighted by Gasteiger charge is -2.22. The molecule has 1 aromatic rings. The zero-order chi connectivity index (χ0) is 18.8. The molecule has 25 heavy (non-hydrogen) atoms. The van der Waals surface area contributed by atoms with Gasteiger partial charge >= 0.3 is 6.18 Å². The third-order valence-electron chi connectivity index (χ3n) is 3.70. The Morgan fingerprint density at radius 1 is 1.36 bits per heavy atom. The van der Waals surface area contributed by atoms with Crippen molar-refractivity contribution < 1.29 is 22.3 Å². The molecule has 1 aromatic carbocycles. The van der Waals surface area contributed by atoms with Crippen molar-refractivity contribution in [3.63, 3.8) is 0 Å². The lowest BCUT2D eigenvalue weighted by Crippen LogP contribution is -2.20. The van der Waals surface area contributed by atoms with E-state index >= 15 is 0 Å². The maximum absolute atomic E-state index is 14.5. The predicted octanol–water partition coefficient (Wildman–Crippen LogP) is 4.96. The van der Waals surface area contributed by atoms with Crippen molar-refractivity contribution in [3.8, 4) is 0 Å². The molecular formula is C16H20BrF4N3O. The van der Waals surface area contributed by atoms with Crippen LogP contribution < -0.4 is 11.1 Å². The third-order valence-corrected chi connectivity index (χ3v) is 4.52. The highest BCUT2D eigenvalue weighted by Crippen LogP contribution is 2.44. The highest BCUT2D eigenvalue weighted by molar-refractivity contribution is 9.10. The number of alkyl halides is 3. The fourth-order valence-electron chi connectivity index (χ4n) is 2.53. The summed E-state index contributed by atoms with van der Waals surface area (Å²) >= 11 is 2.84. The minimum atomic E-state index is -4.88. The van der Waals surface area contributed by atoms with Crippen LogP contribution in [-0.2, 0) is 10.9 Å². The van der Waals surface area contributed by atoms with Crippen LogP contribution in [0.25, 0.3) is 0 Å². The van der Waals surface area contributed by atoms with Gasteiger partial charge in [-0.15, -0.1) is 0 Å². The third kappa shape index (κ3) is 4.63. The number of nitrogen functional groups attached to an aromatic ring is 1. The highest BCUT2D eigenvalue weighted by Gasteiger charge is 2.40. The quantitative estimate of drug-likeness (QED) is 0.407. The molecule has 0 amide bonds. The lowest BCUT2D eigenvalue weighted by atomic mass is 10.0. The first-order valence-corrected chi connectivity index (χ1v) is 8.71. The SMILES string of the molecule is CC(C)Nc1c(N)c(C=NC2CCCCO2)c(Br)c(C(F)(F)F)c1F. The Labute approximate surface area is 152 Å². The minimum Gasteiger partial charge on any atom is -0.396 e. The van der Waals surface area contributed by atoms with E-state index in [4.69, 9.17) is 10.5 Å². The van der Waals surface area contributed by atoms with Crippen LogP contribution in [0.5, 0.6) is 0 Å². The second kappa shape index (κ2) is 7.90. The molecule has 4 nitrogen and oxygen atoms in total. The monoisotopic (exact) mass is 425 g/mol. The van der Waals surface area contributed by atoms with Crippen LogP contribution >= 0.6 is 15.9 Å². The van der Waals surface area contributed by atoms with Gasteiger partial charge in [0.1, 0.15) is 11.8 Å². The van der Waals surface area contributed by atoms with E-state index in [0.29, 0.717) is 13.0 Å².